The molecule has 0 unspecified atom stereocenters. The van der Waals surface area contributed by atoms with Gasteiger partial charge < -0.3 is 10.3 Å². The Morgan fingerprint density at radius 3 is 2.57 bits per heavy atom. The lowest BCUT2D eigenvalue weighted by Crippen LogP contribution is -1.98. The third-order valence-electron chi connectivity index (χ3n) is 3.56. The van der Waals surface area contributed by atoms with E-state index in [9.17, 15) is 0 Å². The van der Waals surface area contributed by atoms with Gasteiger partial charge in [-0.15, -0.1) is 0 Å². The van der Waals surface area contributed by atoms with Gasteiger partial charge in [0.1, 0.15) is 11.8 Å². The first-order chi connectivity index (χ1) is 11.1. The van der Waals surface area contributed by atoms with Gasteiger partial charge in [0.2, 0.25) is 5.95 Å². The second-order valence-electron chi connectivity index (χ2n) is 5.13. The maximum absolute atomic E-state index is 9.15. The van der Waals surface area contributed by atoms with Crippen molar-refractivity contribution < 1.29 is 0 Å². The molecule has 6 heteroatoms. The summed E-state index contributed by atoms with van der Waals surface area (Å²) in [5, 5.41) is 12.3. The Balaban J connectivity index is 1.96. The fourth-order valence-electron chi connectivity index (χ4n) is 2.47. The number of halogens is 1. The maximum atomic E-state index is 9.15. The Labute approximate surface area is 147 Å². The van der Waals surface area contributed by atoms with Crippen LogP contribution < -0.4 is 5.32 Å². The molecular formula is C17H14IN5. The molecule has 0 saturated heterocycles. The number of nitrogens with one attached hydrogen (secondary N) is 2. The fraction of sp³-hybridized carbons (Fsp3) is 0.118. The molecule has 5 nitrogen and oxygen atoms in total. The van der Waals surface area contributed by atoms with E-state index in [0.29, 0.717) is 11.6 Å². The zero-order chi connectivity index (χ0) is 16.4. The first-order valence-corrected chi connectivity index (χ1v) is 8.11. The predicted molar refractivity (Wildman–Crippen MR) is 98.4 cm³/mol. The number of aromatic nitrogens is 3. The molecular weight excluding hydrogens is 401 g/mol. The molecule has 0 aliphatic heterocycles. The number of hydrogen-bond acceptors (Lipinski definition) is 4. The lowest BCUT2D eigenvalue weighted by molar-refractivity contribution is 1.16. The molecule has 0 amide bonds. The van der Waals surface area contributed by atoms with Crippen molar-refractivity contribution in [1.82, 2.24) is 15.0 Å². The van der Waals surface area contributed by atoms with E-state index in [4.69, 9.17) is 5.26 Å². The minimum absolute atomic E-state index is 0.530. The molecule has 0 radical (unpaired) electrons. The highest BCUT2D eigenvalue weighted by molar-refractivity contribution is 14.1. The normalized spacial score (nSPS) is 10.3. The SMILES string of the molecule is Cc1[nH]c(C#N)c(C)c1-c1ccnc(Nc2ccc(I)cc2)n1. The zero-order valence-electron chi connectivity index (χ0n) is 12.7. The van der Waals surface area contributed by atoms with Crippen molar-refractivity contribution >= 4 is 34.2 Å². The molecule has 0 aliphatic carbocycles. The molecule has 23 heavy (non-hydrogen) atoms. The van der Waals surface area contributed by atoms with Crippen molar-refractivity contribution in [3.63, 3.8) is 0 Å². The molecule has 114 valence electrons. The molecule has 0 aliphatic rings. The van der Waals surface area contributed by atoms with Crippen molar-refractivity contribution in [3.8, 4) is 17.3 Å². The molecule has 1 aromatic carbocycles. The topological polar surface area (TPSA) is 77.4 Å². The van der Waals surface area contributed by atoms with E-state index in [2.05, 4.69) is 48.9 Å². The van der Waals surface area contributed by atoms with E-state index >= 15 is 0 Å². The second kappa shape index (κ2) is 6.38. The summed E-state index contributed by atoms with van der Waals surface area (Å²) < 4.78 is 1.17. The third kappa shape index (κ3) is 3.19. The van der Waals surface area contributed by atoms with Crippen molar-refractivity contribution in [2.24, 2.45) is 0 Å². The largest absolute Gasteiger partial charge is 0.350 e. The Hall–Kier alpha value is -2.40. The number of hydrogen-bond donors (Lipinski definition) is 2. The average Bonchev–Trinajstić information content (AvgIpc) is 2.84. The van der Waals surface area contributed by atoms with Crippen LogP contribution in [-0.2, 0) is 0 Å². The smallest absolute Gasteiger partial charge is 0.227 e. The summed E-state index contributed by atoms with van der Waals surface area (Å²) in [6.07, 6.45) is 1.72. The number of aryl methyl sites for hydroxylation is 1. The van der Waals surface area contributed by atoms with Gasteiger partial charge in [-0.3, -0.25) is 0 Å². The Bertz CT molecular complexity index is 890. The molecule has 0 atom stereocenters. The van der Waals surface area contributed by atoms with E-state index in [-0.39, 0.29) is 0 Å². The molecule has 3 rings (SSSR count). The number of benzene rings is 1. The monoisotopic (exact) mass is 415 g/mol. The summed E-state index contributed by atoms with van der Waals surface area (Å²) in [5.74, 6) is 0.530. The molecule has 2 heterocycles. The van der Waals surface area contributed by atoms with Crippen LogP contribution in [0.1, 0.15) is 17.0 Å². The molecule has 2 N–H and O–H groups in total. The first-order valence-electron chi connectivity index (χ1n) is 7.03. The van der Waals surface area contributed by atoms with Crippen LogP contribution in [0.4, 0.5) is 11.6 Å². The summed E-state index contributed by atoms with van der Waals surface area (Å²) in [7, 11) is 0. The van der Waals surface area contributed by atoms with Gasteiger partial charge in [0.05, 0.1) is 5.69 Å². The number of nitrogens with zero attached hydrogens (tertiary/aromatic N) is 3. The molecule has 3 aromatic rings. The van der Waals surface area contributed by atoms with Gasteiger partial charge in [-0.25, -0.2) is 9.97 Å². The standard InChI is InChI=1S/C17H14IN5/c1-10-15(9-19)21-11(2)16(10)14-7-8-20-17(23-14)22-13-5-3-12(18)4-6-13/h3-8,21H,1-2H3,(H,20,22,23). The first kappa shape index (κ1) is 15.5. The van der Waals surface area contributed by atoms with Crippen LogP contribution in [0.3, 0.4) is 0 Å². The summed E-state index contributed by atoms with van der Waals surface area (Å²) in [6, 6.07) is 12.0. The second-order valence-corrected chi connectivity index (χ2v) is 6.38. The number of H-pyrrole nitrogens is 1. The van der Waals surface area contributed by atoms with Crippen molar-refractivity contribution in [2.75, 3.05) is 5.32 Å². The lowest BCUT2D eigenvalue weighted by atomic mass is 10.1. The fourth-order valence-corrected chi connectivity index (χ4v) is 2.83. The number of aromatic amines is 1. The quantitative estimate of drug-likeness (QED) is 0.626. The maximum Gasteiger partial charge on any atom is 0.227 e. The Kier molecular flexibility index (Phi) is 4.30. The molecule has 0 fully saturated rings. The molecule has 0 spiro atoms. The van der Waals surface area contributed by atoms with Crippen LogP contribution in [0.5, 0.6) is 0 Å². The minimum atomic E-state index is 0.530. The summed E-state index contributed by atoms with van der Waals surface area (Å²) in [5.41, 5.74) is 5.09. The van der Waals surface area contributed by atoms with Gasteiger partial charge in [0.15, 0.2) is 0 Å². The van der Waals surface area contributed by atoms with E-state index in [1.807, 2.05) is 44.2 Å². The Morgan fingerprint density at radius 1 is 1.17 bits per heavy atom. The van der Waals surface area contributed by atoms with E-state index in [0.717, 1.165) is 28.2 Å². The summed E-state index contributed by atoms with van der Waals surface area (Å²) >= 11 is 2.26. The van der Waals surface area contributed by atoms with Crippen LogP contribution in [0.15, 0.2) is 36.5 Å². The highest BCUT2D eigenvalue weighted by Gasteiger charge is 2.14. The van der Waals surface area contributed by atoms with Gasteiger partial charge in [0, 0.05) is 26.7 Å². The van der Waals surface area contributed by atoms with Crippen LogP contribution in [0.2, 0.25) is 0 Å². The average molecular weight is 415 g/mol. The third-order valence-corrected chi connectivity index (χ3v) is 4.28. The number of anilines is 2. The van der Waals surface area contributed by atoms with E-state index < -0.39 is 0 Å². The Morgan fingerprint density at radius 2 is 1.91 bits per heavy atom. The highest BCUT2D eigenvalue weighted by atomic mass is 127. The van der Waals surface area contributed by atoms with Gasteiger partial charge in [0.25, 0.3) is 0 Å². The van der Waals surface area contributed by atoms with Crippen molar-refractivity contribution in [3.05, 3.63) is 57.1 Å². The van der Waals surface area contributed by atoms with Crippen LogP contribution in [0, 0.1) is 28.7 Å². The highest BCUT2D eigenvalue weighted by Crippen LogP contribution is 2.28. The van der Waals surface area contributed by atoms with E-state index in [1.54, 1.807) is 6.20 Å². The van der Waals surface area contributed by atoms with Crippen molar-refractivity contribution in [1.29, 1.82) is 5.26 Å². The number of nitriles is 1. The van der Waals surface area contributed by atoms with Gasteiger partial charge in [-0.05, 0) is 72.3 Å². The summed E-state index contributed by atoms with van der Waals surface area (Å²) in [4.78, 5) is 11.9. The lowest BCUT2D eigenvalue weighted by Gasteiger charge is -2.07. The van der Waals surface area contributed by atoms with Crippen LogP contribution >= 0.6 is 22.6 Å². The predicted octanol–water partition coefficient (Wildman–Crippen LogP) is 4.31. The van der Waals surface area contributed by atoms with Crippen LogP contribution in [0.25, 0.3) is 11.3 Å². The van der Waals surface area contributed by atoms with Crippen molar-refractivity contribution in [2.45, 2.75) is 13.8 Å². The van der Waals surface area contributed by atoms with Gasteiger partial charge >= 0.3 is 0 Å². The van der Waals surface area contributed by atoms with Crippen LogP contribution in [-0.4, -0.2) is 15.0 Å². The molecule has 2 aromatic heterocycles. The molecule has 0 bridgehead atoms. The minimum Gasteiger partial charge on any atom is -0.350 e. The number of rotatable bonds is 3. The molecule has 0 saturated carbocycles. The van der Waals surface area contributed by atoms with Gasteiger partial charge in [-0.1, -0.05) is 0 Å². The zero-order valence-corrected chi connectivity index (χ0v) is 14.8. The van der Waals surface area contributed by atoms with Gasteiger partial charge in [-0.2, -0.15) is 5.26 Å². The summed E-state index contributed by atoms with van der Waals surface area (Å²) in [6.45, 7) is 3.86. The van der Waals surface area contributed by atoms with E-state index in [1.165, 1.54) is 3.57 Å².